The molecule has 142 valence electrons. The Morgan fingerprint density at radius 3 is 2.50 bits per heavy atom. The summed E-state index contributed by atoms with van der Waals surface area (Å²) < 4.78 is 6.19. The van der Waals surface area contributed by atoms with E-state index in [9.17, 15) is 14.4 Å². The summed E-state index contributed by atoms with van der Waals surface area (Å²) in [7, 11) is 1.57. The number of hydrogen-bond acceptors (Lipinski definition) is 6. The number of ether oxygens (including phenoxy) is 1. The third kappa shape index (κ3) is 3.22. The van der Waals surface area contributed by atoms with Crippen LogP contribution in [0.1, 0.15) is 33.6 Å². The monoisotopic (exact) mass is 395 g/mol. The number of aromatic nitrogens is 1. The summed E-state index contributed by atoms with van der Waals surface area (Å²) >= 11 is 1.36. The van der Waals surface area contributed by atoms with Gasteiger partial charge in [-0.05, 0) is 30.7 Å². The second-order valence-corrected chi connectivity index (χ2v) is 7.32. The Balaban J connectivity index is 1.35. The molecule has 0 atom stereocenters. The zero-order valence-electron chi connectivity index (χ0n) is 15.1. The predicted octanol–water partition coefficient (Wildman–Crippen LogP) is 3.32. The zero-order valence-corrected chi connectivity index (χ0v) is 15.9. The topological polar surface area (TPSA) is 88.6 Å². The maximum Gasteiger partial charge on any atom is 0.261 e. The Morgan fingerprint density at radius 2 is 1.82 bits per heavy atom. The van der Waals surface area contributed by atoms with E-state index >= 15 is 0 Å². The number of benzene rings is 2. The van der Waals surface area contributed by atoms with E-state index in [1.54, 1.807) is 31.4 Å². The van der Waals surface area contributed by atoms with E-state index in [-0.39, 0.29) is 30.7 Å². The number of nitrogens with one attached hydrogen (secondary N) is 1. The third-order valence-electron chi connectivity index (χ3n) is 4.51. The number of methoxy groups -OCH3 is 1. The van der Waals surface area contributed by atoms with Crippen LogP contribution in [0.3, 0.4) is 0 Å². The minimum atomic E-state index is -0.306. The fourth-order valence-corrected chi connectivity index (χ4v) is 4.06. The Morgan fingerprint density at radius 1 is 1.11 bits per heavy atom. The summed E-state index contributed by atoms with van der Waals surface area (Å²) in [5.74, 6) is -0.173. The van der Waals surface area contributed by atoms with Gasteiger partial charge < -0.3 is 10.1 Å². The zero-order chi connectivity index (χ0) is 19.7. The lowest BCUT2D eigenvalue weighted by Gasteiger charge is -2.13. The van der Waals surface area contributed by atoms with E-state index in [2.05, 4.69) is 10.3 Å². The molecular formula is C20H17N3O4S. The van der Waals surface area contributed by atoms with Gasteiger partial charge in [0.15, 0.2) is 5.13 Å². The normalized spacial score (nSPS) is 13.1. The molecule has 3 amide bonds. The Labute approximate surface area is 164 Å². The van der Waals surface area contributed by atoms with Crippen LogP contribution in [0.5, 0.6) is 5.75 Å². The molecule has 0 saturated heterocycles. The van der Waals surface area contributed by atoms with Gasteiger partial charge in [0.1, 0.15) is 11.3 Å². The smallest absolute Gasteiger partial charge is 0.261 e. The lowest BCUT2D eigenvalue weighted by Crippen LogP contribution is -2.31. The van der Waals surface area contributed by atoms with E-state index in [4.69, 9.17) is 4.74 Å². The molecule has 0 spiro atoms. The van der Waals surface area contributed by atoms with Gasteiger partial charge in [0.2, 0.25) is 5.91 Å². The average molecular weight is 395 g/mol. The first kappa shape index (κ1) is 18.1. The molecule has 4 rings (SSSR count). The first-order valence-electron chi connectivity index (χ1n) is 8.77. The number of fused-ring (bicyclic) bond motifs is 2. The first-order valence-corrected chi connectivity index (χ1v) is 9.59. The van der Waals surface area contributed by atoms with Crippen molar-refractivity contribution in [2.24, 2.45) is 0 Å². The van der Waals surface area contributed by atoms with Crippen LogP contribution in [0.2, 0.25) is 0 Å². The Bertz CT molecular complexity index is 1060. The molecular weight excluding hydrogens is 378 g/mol. The molecule has 2 aromatic carbocycles. The van der Waals surface area contributed by atoms with Gasteiger partial charge in [-0.25, -0.2) is 4.98 Å². The number of thiazole rings is 1. The molecule has 0 unspecified atom stereocenters. The van der Waals surface area contributed by atoms with Crippen LogP contribution in [0.4, 0.5) is 5.13 Å². The van der Waals surface area contributed by atoms with Crippen molar-refractivity contribution in [1.82, 2.24) is 9.88 Å². The standard InChI is InChI=1S/C20H17N3O4S/c1-27-14-8-4-9-15-17(14)22-20(28-15)21-16(24)10-5-11-23-18(25)12-6-2-3-7-13(12)19(23)26/h2-4,6-9H,5,10-11H2,1H3,(H,21,22,24). The Hall–Kier alpha value is -3.26. The van der Waals surface area contributed by atoms with E-state index in [1.165, 1.54) is 16.2 Å². The van der Waals surface area contributed by atoms with Gasteiger partial charge in [0.25, 0.3) is 11.8 Å². The van der Waals surface area contributed by atoms with Crippen LogP contribution in [0.15, 0.2) is 42.5 Å². The quantitative estimate of drug-likeness (QED) is 0.647. The molecule has 1 N–H and O–H groups in total. The summed E-state index contributed by atoms with van der Waals surface area (Å²) in [4.78, 5) is 42.5. The van der Waals surface area contributed by atoms with Gasteiger partial charge >= 0.3 is 0 Å². The highest BCUT2D eigenvalue weighted by Gasteiger charge is 2.34. The van der Waals surface area contributed by atoms with Crippen LogP contribution in [0, 0.1) is 0 Å². The average Bonchev–Trinajstić information content (AvgIpc) is 3.22. The molecule has 0 bridgehead atoms. The van der Waals surface area contributed by atoms with Crippen molar-refractivity contribution >= 4 is 44.4 Å². The van der Waals surface area contributed by atoms with Crippen LogP contribution < -0.4 is 10.1 Å². The molecule has 8 heteroatoms. The maximum absolute atomic E-state index is 12.3. The molecule has 0 radical (unpaired) electrons. The molecule has 7 nitrogen and oxygen atoms in total. The number of hydrogen-bond donors (Lipinski definition) is 1. The number of amides is 3. The van der Waals surface area contributed by atoms with Crippen molar-refractivity contribution in [2.75, 3.05) is 19.0 Å². The van der Waals surface area contributed by atoms with Crippen LogP contribution in [-0.2, 0) is 4.79 Å². The molecule has 1 aromatic heterocycles. The summed E-state index contributed by atoms with van der Waals surface area (Å²) in [6.45, 7) is 0.202. The van der Waals surface area contributed by atoms with Crippen LogP contribution >= 0.6 is 11.3 Å². The van der Waals surface area contributed by atoms with Gasteiger partial charge in [0.05, 0.1) is 22.9 Å². The van der Waals surface area contributed by atoms with Gasteiger partial charge in [0, 0.05) is 13.0 Å². The van der Waals surface area contributed by atoms with Crippen molar-refractivity contribution in [2.45, 2.75) is 12.8 Å². The molecule has 2 heterocycles. The number of carbonyl (C=O) groups is 3. The largest absolute Gasteiger partial charge is 0.494 e. The predicted molar refractivity (Wildman–Crippen MR) is 106 cm³/mol. The highest BCUT2D eigenvalue weighted by Crippen LogP contribution is 2.32. The van der Waals surface area contributed by atoms with E-state index in [1.807, 2.05) is 18.2 Å². The summed E-state index contributed by atoms with van der Waals surface area (Å²) in [5.41, 5.74) is 1.54. The summed E-state index contributed by atoms with van der Waals surface area (Å²) in [6.07, 6.45) is 0.561. The molecule has 0 saturated carbocycles. The van der Waals surface area contributed by atoms with E-state index in [0.29, 0.717) is 33.9 Å². The lowest BCUT2D eigenvalue weighted by atomic mass is 10.1. The molecule has 28 heavy (non-hydrogen) atoms. The SMILES string of the molecule is COc1cccc2sc(NC(=O)CCCN3C(=O)c4ccccc4C3=O)nc12. The second kappa shape index (κ2) is 7.40. The number of para-hydroxylation sites is 1. The van der Waals surface area contributed by atoms with Crippen LogP contribution in [0.25, 0.3) is 10.2 Å². The van der Waals surface area contributed by atoms with Crippen molar-refractivity contribution in [3.8, 4) is 5.75 Å². The summed E-state index contributed by atoms with van der Waals surface area (Å²) in [5, 5.41) is 3.26. The molecule has 3 aromatic rings. The minimum absolute atomic E-state index is 0.181. The number of rotatable bonds is 6. The number of carbonyl (C=O) groups excluding carboxylic acids is 3. The van der Waals surface area contributed by atoms with E-state index < -0.39 is 0 Å². The van der Waals surface area contributed by atoms with Crippen molar-refractivity contribution in [3.63, 3.8) is 0 Å². The van der Waals surface area contributed by atoms with Gasteiger partial charge in [-0.2, -0.15) is 0 Å². The molecule has 0 aliphatic carbocycles. The first-order chi connectivity index (χ1) is 13.6. The number of imide groups is 1. The fraction of sp³-hybridized carbons (Fsp3) is 0.200. The second-order valence-electron chi connectivity index (χ2n) is 6.29. The molecule has 1 aliphatic heterocycles. The Kier molecular flexibility index (Phi) is 4.79. The van der Waals surface area contributed by atoms with Crippen molar-refractivity contribution in [3.05, 3.63) is 53.6 Å². The van der Waals surface area contributed by atoms with Crippen molar-refractivity contribution in [1.29, 1.82) is 0 Å². The molecule has 0 fully saturated rings. The summed E-state index contributed by atoms with van der Waals surface area (Å²) in [6, 6.07) is 12.3. The number of nitrogens with zero attached hydrogens (tertiary/aromatic N) is 2. The van der Waals surface area contributed by atoms with Gasteiger partial charge in [-0.1, -0.05) is 29.5 Å². The highest BCUT2D eigenvalue weighted by molar-refractivity contribution is 7.22. The van der Waals surface area contributed by atoms with Crippen molar-refractivity contribution < 1.29 is 19.1 Å². The molecule has 1 aliphatic rings. The van der Waals surface area contributed by atoms with E-state index in [0.717, 1.165) is 4.70 Å². The van der Waals surface area contributed by atoms with Gasteiger partial charge in [-0.15, -0.1) is 0 Å². The van der Waals surface area contributed by atoms with Gasteiger partial charge in [-0.3, -0.25) is 19.3 Å². The maximum atomic E-state index is 12.3. The highest BCUT2D eigenvalue weighted by atomic mass is 32.1. The fourth-order valence-electron chi connectivity index (χ4n) is 3.16. The third-order valence-corrected chi connectivity index (χ3v) is 5.45. The minimum Gasteiger partial charge on any atom is -0.494 e. The lowest BCUT2D eigenvalue weighted by molar-refractivity contribution is -0.116. The van der Waals surface area contributed by atoms with Crippen LogP contribution in [-0.4, -0.2) is 41.3 Å². The number of anilines is 1.